The van der Waals surface area contributed by atoms with Crippen LogP contribution in [0.5, 0.6) is 0 Å². The van der Waals surface area contributed by atoms with E-state index in [1.54, 1.807) is 25.3 Å². The molecular weight excluding hydrogens is 90.1 g/mol. The van der Waals surface area contributed by atoms with Crippen molar-refractivity contribution in [2.24, 2.45) is 4.99 Å². The minimum atomic E-state index is 1.19. The van der Waals surface area contributed by atoms with Crippen molar-refractivity contribution in [3.05, 3.63) is 0 Å². The summed E-state index contributed by atoms with van der Waals surface area (Å²) in [6, 6.07) is 0. The number of rotatable bonds is 2. The lowest BCUT2D eigenvalue weighted by atomic mass is 10.9. The van der Waals surface area contributed by atoms with Crippen molar-refractivity contribution in [2.75, 3.05) is 14.1 Å². The molecule has 0 aromatic heterocycles. The highest BCUT2D eigenvalue weighted by atomic mass is 15.1. The average Bonchev–Trinajstić information content (AvgIpc) is 1.68. The summed E-state index contributed by atoms with van der Waals surface area (Å²) >= 11 is 0. The van der Waals surface area contributed by atoms with Gasteiger partial charge in [0, 0.05) is 14.1 Å². The Morgan fingerprint density at radius 2 is 2.29 bits per heavy atom. The molecule has 0 bridgehead atoms. The van der Waals surface area contributed by atoms with Crippen molar-refractivity contribution in [3.63, 3.8) is 0 Å². The summed E-state index contributed by atoms with van der Waals surface area (Å²) in [5.74, 6) is 0. The zero-order valence-corrected chi connectivity index (χ0v) is 4.55. The van der Waals surface area contributed by atoms with E-state index in [0.29, 0.717) is 0 Å². The fourth-order valence-corrected chi connectivity index (χ4v) is 0.215. The van der Waals surface area contributed by atoms with E-state index in [9.17, 15) is 0 Å². The maximum atomic E-state index is 6.62. The van der Waals surface area contributed by atoms with E-state index in [0.717, 1.165) is 0 Å². The molecule has 0 fully saturated rings. The lowest BCUT2D eigenvalue weighted by Crippen LogP contribution is -2.11. The van der Waals surface area contributed by atoms with Crippen molar-refractivity contribution in [1.29, 1.82) is 5.41 Å². The normalized spacial score (nSPS) is 9.43. The molecule has 0 atom stereocenters. The van der Waals surface area contributed by atoms with Gasteiger partial charge in [0.05, 0.1) is 12.7 Å². The summed E-state index contributed by atoms with van der Waals surface area (Å²) in [7, 11) is 3.42. The topological polar surface area (TPSA) is 39.5 Å². The monoisotopic (exact) mass is 99.1 g/mol. The highest BCUT2D eigenvalue weighted by molar-refractivity contribution is 5.72. The molecule has 40 valence electrons. The average molecular weight is 99.1 g/mol. The van der Waals surface area contributed by atoms with Gasteiger partial charge in [-0.1, -0.05) is 0 Å². The molecule has 0 aliphatic rings. The standard InChI is InChI=1S/C4H9N3/c1-6-4-7(2)3-5/h3-5H,1-2H3/b5-3?,6-4-. The molecule has 3 nitrogen and oxygen atoms in total. The Hall–Kier alpha value is -0.860. The fourth-order valence-electron chi connectivity index (χ4n) is 0.215. The molecule has 0 aliphatic heterocycles. The quantitative estimate of drug-likeness (QED) is 0.389. The van der Waals surface area contributed by atoms with Gasteiger partial charge in [-0.25, -0.2) is 0 Å². The second-order valence-electron chi connectivity index (χ2n) is 1.17. The predicted octanol–water partition coefficient (Wildman–Crippen LogP) is 0.183. The van der Waals surface area contributed by atoms with Crippen molar-refractivity contribution in [2.45, 2.75) is 0 Å². The minimum absolute atomic E-state index is 1.19. The number of aliphatic imine (C=N–C) groups is 1. The van der Waals surface area contributed by atoms with Crippen LogP contribution in [0.4, 0.5) is 0 Å². The number of hydrogen-bond acceptors (Lipinski definition) is 2. The third kappa shape index (κ3) is 2.96. The van der Waals surface area contributed by atoms with Gasteiger partial charge in [0.15, 0.2) is 0 Å². The highest BCUT2D eigenvalue weighted by Gasteiger charge is 1.74. The Morgan fingerprint density at radius 3 is 2.43 bits per heavy atom. The van der Waals surface area contributed by atoms with Gasteiger partial charge in [0.25, 0.3) is 0 Å². The first kappa shape index (κ1) is 6.14. The zero-order chi connectivity index (χ0) is 5.70. The predicted molar refractivity (Wildman–Crippen MR) is 31.0 cm³/mol. The number of nitrogens with zero attached hydrogens (tertiary/aromatic N) is 2. The zero-order valence-electron chi connectivity index (χ0n) is 4.55. The van der Waals surface area contributed by atoms with Gasteiger partial charge in [-0.2, -0.15) is 0 Å². The molecular formula is C4H9N3. The summed E-state index contributed by atoms with van der Waals surface area (Å²) in [5, 5.41) is 6.62. The molecule has 0 aliphatic carbocycles. The van der Waals surface area contributed by atoms with Crippen LogP contribution in [0, 0.1) is 5.41 Å². The van der Waals surface area contributed by atoms with Gasteiger partial charge in [-0.15, -0.1) is 0 Å². The largest absolute Gasteiger partial charge is 0.327 e. The summed E-state index contributed by atoms with van der Waals surface area (Å²) < 4.78 is 0. The van der Waals surface area contributed by atoms with Crippen LogP contribution in [0.2, 0.25) is 0 Å². The van der Waals surface area contributed by atoms with Crippen molar-refractivity contribution >= 4 is 12.7 Å². The third-order valence-electron chi connectivity index (χ3n) is 0.501. The van der Waals surface area contributed by atoms with E-state index in [2.05, 4.69) is 4.99 Å². The second-order valence-corrected chi connectivity index (χ2v) is 1.17. The van der Waals surface area contributed by atoms with Crippen LogP contribution in [0.25, 0.3) is 0 Å². The third-order valence-corrected chi connectivity index (χ3v) is 0.501. The molecule has 0 spiro atoms. The molecule has 0 saturated carbocycles. The molecule has 0 saturated heterocycles. The van der Waals surface area contributed by atoms with E-state index < -0.39 is 0 Å². The van der Waals surface area contributed by atoms with E-state index in [4.69, 9.17) is 5.41 Å². The molecule has 0 radical (unpaired) electrons. The van der Waals surface area contributed by atoms with Crippen LogP contribution in [-0.4, -0.2) is 31.7 Å². The summed E-state index contributed by atoms with van der Waals surface area (Å²) in [6.45, 7) is 0. The lowest BCUT2D eigenvalue weighted by molar-refractivity contribution is 0.794. The number of hydrogen-bond donors (Lipinski definition) is 1. The SMILES string of the molecule is C/N=C\N(C)C=N. The first-order chi connectivity index (χ1) is 3.31. The molecule has 3 heteroatoms. The van der Waals surface area contributed by atoms with Crippen LogP contribution < -0.4 is 0 Å². The van der Waals surface area contributed by atoms with E-state index in [1.807, 2.05) is 0 Å². The fraction of sp³-hybridized carbons (Fsp3) is 0.500. The summed E-state index contributed by atoms with van der Waals surface area (Å²) in [4.78, 5) is 5.21. The summed E-state index contributed by atoms with van der Waals surface area (Å²) in [5.41, 5.74) is 0. The van der Waals surface area contributed by atoms with Gasteiger partial charge >= 0.3 is 0 Å². The Labute approximate surface area is 43.2 Å². The first-order valence-corrected chi connectivity index (χ1v) is 1.96. The van der Waals surface area contributed by atoms with Crippen LogP contribution in [0.15, 0.2) is 4.99 Å². The Balaban J connectivity index is 3.35. The van der Waals surface area contributed by atoms with E-state index >= 15 is 0 Å². The van der Waals surface area contributed by atoms with Gasteiger partial charge in [-0.3, -0.25) is 10.4 Å². The molecule has 7 heavy (non-hydrogen) atoms. The second kappa shape index (κ2) is 3.33. The molecule has 0 aromatic carbocycles. The Kier molecular flexibility index (Phi) is 2.92. The van der Waals surface area contributed by atoms with Crippen molar-refractivity contribution < 1.29 is 0 Å². The smallest absolute Gasteiger partial charge is 0.0895 e. The van der Waals surface area contributed by atoms with Crippen LogP contribution in [0.1, 0.15) is 0 Å². The van der Waals surface area contributed by atoms with Crippen molar-refractivity contribution in [3.8, 4) is 0 Å². The highest BCUT2D eigenvalue weighted by Crippen LogP contribution is 1.62. The van der Waals surface area contributed by atoms with Gasteiger partial charge < -0.3 is 4.90 Å². The van der Waals surface area contributed by atoms with Gasteiger partial charge in [0.2, 0.25) is 0 Å². The maximum absolute atomic E-state index is 6.62. The lowest BCUT2D eigenvalue weighted by Gasteiger charge is -1.99. The molecule has 0 rings (SSSR count). The van der Waals surface area contributed by atoms with Gasteiger partial charge in [0.1, 0.15) is 0 Å². The molecule has 1 N–H and O–H groups in total. The first-order valence-electron chi connectivity index (χ1n) is 1.96. The molecule has 0 heterocycles. The molecule has 0 amide bonds. The number of nitrogens with one attached hydrogen (secondary N) is 1. The Morgan fingerprint density at radius 1 is 1.71 bits per heavy atom. The summed E-state index contributed by atoms with van der Waals surface area (Å²) in [6.07, 6.45) is 2.75. The Bertz CT molecular complexity index is 77.0. The van der Waals surface area contributed by atoms with Crippen LogP contribution in [0.3, 0.4) is 0 Å². The molecule has 0 unspecified atom stereocenters. The minimum Gasteiger partial charge on any atom is -0.327 e. The van der Waals surface area contributed by atoms with E-state index in [-0.39, 0.29) is 0 Å². The van der Waals surface area contributed by atoms with E-state index in [1.165, 1.54) is 6.34 Å². The van der Waals surface area contributed by atoms with Crippen molar-refractivity contribution in [1.82, 2.24) is 4.90 Å². The molecule has 0 aromatic rings. The van der Waals surface area contributed by atoms with Crippen LogP contribution >= 0.6 is 0 Å². The maximum Gasteiger partial charge on any atom is 0.0895 e. The van der Waals surface area contributed by atoms with Gasteiger partial charge in [-0.05, 0) is 0 Å². The van der Waals surface area contributed by atoms with Crippen LogP contribution in [-0.2, 0) is 0 Å².